The number of hydrogen-bond acceptors (Lipinski definition) is 6. The summed E-state index contributed by atoms with van der Waals surface area (Å²) in [5.74, 6) is -2.96. The van der Waals surface area contributed by atoms with Crippen LogP contribution in [0.15, 0.2) is 115 Å². The highest BCUT2D eigenvalue weighted by molar-refractivity contribution is 5.98. The van der Waals surface area contributed by atoms with E-state index in [0.29, 0.717) is 11.1 Å². The van der Waals surface area contributed by atoms with Crippen LogP contribution in [-0.2, 0) is 14.3 Å². The first-order chi connectivity index (χ1) is 24.2. The molecule has 2 aliphatic carbocycles. The van der Waals surface area contributed by atoms with Crippen molar-refractivity contribution in [2.24, 2.45) is 11.8 Å². The Morgan fingerprint density at radius 1 is 0.600 bits per heavy atom. The Balaban J connectivity index is 0.000000373. The van der Waals surface area contributed by atoms with E-state index in [9.17, 15) is 29.1 Å². The fraction of sp³-hybridized carbons (Fsp3) is 0.275. The Hall–Kier alpha value is -5.77. The van der Waals surface area contributed by atoms with Crippen LogP contribution < -0.4 is 10.6 Å². The summed E-state index contributed by atoms with van der Waals surface area (Å²) in [4.78, 5) is 63.9. The minimum atomic E-state index is -1.07. The molecular weight excluding hydrogens is 634 g/mol. The number of hydrogen-bond donors (Lipinski definition) is 3. The number of nitrogens with one attached hydrogen (secondary N) is 2. The van der Waals surface area contributed by atoms with Crippen molar-refractivity contribution < 1.29 is 33.8 Å². The molecule has 1 heterocycles. The predicted octanol–water partition coefficient (Wildman–Crippen LogP) is 4.89. The highest BCUT2D eigenvalue weighted by atomic mass is 16.5. The van der Waals surface area contributed by atoms with E-state index < -0.39 is 17.8 Å². The molecule has 4 aromatic carbocycles. The summed E-state index contributed by atoms with van der Waals surface area (Å²) in [7, 11) is 1.37. The van der Waals surface area contributed by atoms with E-state index in [0.717, 1.165) is 12.8 Å². The number of carboxylic acid groups (broad SMARTS) is 1. The van der Waals surface area contributed by atoms with Gasteiger partial charge in [-0.25, -0.2) is 9.59 Å². The van der Waals surface area contributed by atoms with Crippen molar-refractivity contribution in [2.75, 3.05) is 20.2 Å². The third kappa shape index (κ3) is 8.08. The van der Waals surface area contributed by atoms with E-state index in [4.69, 9.17) is 0 Å². The average Bonchev–Trinajstić information content (AvgIpc) is 4.07. The number of carbonyl (C=O) groups is 5. The summed E-state index contributed by atoms with van der Waals surface area (Å²) < 4.78 is 4.50. The molecule has 50 heavy (non-hydrogen) atoms. The van der Waals surface area contributed by atoms with Crippen LogP contribution in [0, 0.1) is 11.8 Å². The summed E-state index contributed by atoms with van der Waals surface area (Å²) in [6, 6.07) is 34.7. The van der Waals surface area contributed by atoms with E-state index in [-0.39, 0.29) is 66.3 Å². The quantitative estimate of drug-likeness (QED) is 0.215. The maximum absolute atomic E-state index is 13.5. The molecule has 3 fully saturated rings. The molecule has 7 rings (SSSR count). The first kappa shape index (κ1) is 34.1. The molecule has 2 saturated carbocycles. The van der Waals surface area contributed by atoms with E-state index in [1.165, 1.54) is 47.4 Å². The molecule has 6 atom stereocenters. The van der Waals surface area contributed by atoms with E-state index >= 15 is 0 Å². The third-order valence-corrected chi connectivity index (χ3v) is 9.55. The van der Waals surface area contributed by atoms with Gasteiger partial charge in [0, 0.05) is 42.6 Å². The van der Waals surface area contributed by atoms with Crippen LogP contribution in [-0.4, -0.2) is 71.9 Å². The van der Waals surface area contributed by atoms with E-state index in [1.807, 2.05) is 42.5 Å². The van der Waals surface area contributed by atoms with Gasteiger partial charge in [-0.15, -0.1) is 0 Å². The fourth-order valence-corrected chi connectivity index (χ4v) is 6.56. The number of carbonyl (C=O) groups excluding carboxylic acids is 4. The van der Waals surface area contributed by atoms with Gasteiger partial charge < -0.3 is 25.4 Å². The zero-order chi connectivity index (χ0) is 35.2. The highest BCUT2D eigenvalue weighted by Gasteiger charge is 2.48. The molecular formula is C40H39N3O7. The van der Waals surface area contributed by atoms with Gasteiger partial charge in [0.15, 0.2) is 0 Å². The number of benzene rings is 4. The molecule has 256 valence electrons. The normalized spacial score (nSPS) is 23.0. The van der Waals surface area contributed by atoms with Gasteiger partial charge >= 0.3 is 11.9 Å². The van der Waals surface area contributed by atoms with Crippen molar-refractivity contribution in [3.63, 3.8) is 0 Å². The van der Waals surface area contributed by atoms with Crippen molar-refractivity contribution in [3.8, 4) is 0 Å². The number of carboxylic acids is 1. The number of ether oxygens (including phenoxy) is 1. The van der Waals surface area contributed by atoms with Gasteiger partial charge in [0.05, 0.1) is 30.1 Å². The molecule has 3 amide bonds. The van der Waals surface area contributed by atoms with Gasteiger partial charge in [0.2, 0.25) is 11.8 Å². The summed E-state index contributed by atoms with van der Waals surface area (Å²) in [5.41, 5.74) is 3.35. The molecule has 0 bridgehead atoms. The van der Waals surface area contributed by atoms with Crippen LogP contribution in [0.25, 0.3) is 0 Å². The smallest absolute Gasteiger partial charge is 0.337 e. The third-order valence-electron chi connectivity index (χ3n) is 9.55. The Kier molecular flexibility index (Phi) is 10.4. The maximum atomic E-state index is 13.5. The topological polar surface area (TPSA) is 142 Å². The summed E-state index contributed by atoms with van der Waals surface area (Å²) in [6.07, 6.45) is 1.69. The lowest BCUT2D eigenvalue weighted by atomic mass is 9.94. The van der Waals surface area contributed by atoms with Gasteiger partial charge in [-0.3, -0.25) is 14.4 Å². The van der Waals surface area contributed by atoms with Crippen molar-refractivity contribution in [1.29, 1.82) is 0 Å². The molecule has 0 unspecified atom stereocenters. The number of rotatable bonds is 9. The molecule has 3 aliphatic rings. The van der Waals surface area contributed by atoms with Crippen LogP contribution in [0.3, 0.4) is 0 Å². The monoisotopic (exact) mass is 673 g/mol. The highest BCUT2D eigenvalue weighted by Crippen LogP contribution is 2.42. The lowest BCUT2D eigenvalue weighted by Crippen LogP contribution is -2.43. The molecule has 10 heteroatoms. The van der Waals surface area contributed by atoms with Crippen LogP contribution in [0.1, 0.15) is 66.9 Å². The first-order valence-corrected chi connectivity index (χ1v) is 16.7. The Morgan fingerprint density at radius 2 is 1.02 bits per heavy atom. The molecule has 0 radical (unpaired) electrons. The number of amides is 3. The van der Waals surface area contributed by atoms with Crippen molar-refractivity contribution >= 4 is 29.7 Å². The molecule has 3 N–H and O–H groups in total. The fourth-order valence-electron chi connectivity index (χ4n) is 6.56. The zero-order valence-corrected chi connectivity index (χ0v) is 27.6. The lowest BCUT2D eigenvalue weighted by molar-refractivity contribution is -0.133. The molecule has 10 nitrogen and oxygen atoms in total. The van der Waals surface area contributed by atoms with Gasteiger partial charge in [-0.05, 0) is 60.4 Å². The van der Waals surface area contributed by atoms with Crippen molar-refractivity contribution in [2.45, 2.75) is 36.8 Å². The predicted molar refractivity (Wildman–Crippen MR) is 186 cm³/mol. The number of methoxy groups -OCH3 is 1. The van der Waals surface area contributed by atoms with Crippen LogP contribution >= 0.6 is 0 Å². The lowest BCUT2D eigenvalue weighted by Gasteiger charge is -2.18. The largest absolute Gasteiger partial charge is 0.478 e. The second-order valence-electron chi connectivity index (χ2n) is 12.9. The van der Waals surface area contributed by atoms with Gasteiger partial charge in [0.1, 0.15) is 0 Å². The summed E-state index contributed by atoms with van der Waals surface area (Å²) in [6.45, 7) is 0.248. The minimum absolute atomic E-state index is 0.0119. The van der Waals surface area contributed by atoms with Crippen LogP contribution in [0.2, 0.25) is 0 Å². The number of aromatic carboxylic acids is 1. The van der Waals surface area contributed by atoms with Gasteiger partial charge in [0.25, 0.3) is 5.91 Å². The Labute approximate surface area is 290 Å². The first-order valence-electron chi connectivity index (χ1n) is 16.7. The molecule has 4 aromatic rings. The molecule has 0 spiro atoms. The average molecular weight is 674 g/mol. The minimum Gasteiger partial charge on any atom is -0.478 e. The van der Waals surface area contributed by atoms with Crippen LogP contribution in [0.4, 0.5) is 0 Å². The molecule has 1 saturated heterocycles. The molecule has 1 aliphatic heterocycles. The Morgan fingerprint density at radius 3 is 1.44 bits per heavy atom. The maximum Gasteiger partial charge on any atom is 0.337 e. The van der Waals surface area contributed by atoms with Crippen molar-refractivity contribution in [3.05, 3.63) is 143 Å². The number of nitrogens with zero attached hydrogens (tertiary/aromatic N) is 1. The molecule has 0 aromatic heterocycles. The summed E-state index contributed by atoms with van der Waals surface area (Å²) >= 11 is 0. The van der Waals surface area contributed by atoms with Crippen molar-refractivity contribution in [1.82, 2.24) is 15.5 Å². The zero-order valence-electron chi connectivity index (χ0n) is 27.6. The number of likely N-dealkylation sites (tertiary alicyclic amines) is 1. The van der Waals surface area contributed by atoms with E-state index in [1.54, 1.807) is 24.3 Å². The summed E-state index contributed by atoms with van der Waals surface area (Å²) in [5, 5.41) is 15.4. The van der Waals surface area contributed by atoms with Crippen LogP contribution in [0.5, 0.6) is 0 Å². The second-order valence-corrected chi connectivity index (χ2v) is 12.9. The Bertz CT molecular complexity index is 1760. The number of esters is 1. The second kappa shape index (κ2) is 15.2. The standard InChI is InChI=1S/C32H31N3O5.C8H8O2/c36-29(33-27-15-23(27)19-7-3-1-4-8-19)25-17-35(31(38)21-11-13-22(14-12-21)32(39)40)18-26(25)30(37)34-28-16-24(28)20-9-5-2-6-10-20;1-10-8(9)7-5-3-2-4-6-7/h1-14,23-28H,15-18H2,(H,33,36)(H,34,37)(H,39,40);2-6H,1H3/t23-,24-,25-,26-,27+,28+;/m0./s1. The van der Waals surface area contributed by atoms with Gasteiger partial charge in [-0.1, -0.05) is 78.9 Å². The van der Waals surface area contributed by atoms with E-state index in [2.05, 4.69) is 39.6 Å². The van der Waals surface area contributed by atoms with Gasteiger partial charge in [-0.2, -0.15) is 0 Å². The SMILES string of the molecule is COC(=O)c1ccccc1.O=C(O)c1ccc(C(=O)N2C[C@H](C(=O)N[C@@H]3C[C@H]3c3ccccc3)[C@@H](C(=O)N[C@@H]3C[C@H]3c3ccccc3)C2)cc1.